The van der Waals surface area contributed by atoms with E-state index in [1.54, 1.807) is 0 Å². The highest BCUT2D eigenvalue weighted by atomic mass is 16.1. The van der Waals surface area contributed by atoms with Crippen molar-refractivity contribution in [1.29, 1.82) is 0 Å². The van der Waals surface area contributed by atoms with E-state index in [9.17, 15) is 4.79 Å². The van der Waals surface area contributed by atoms with Crippen molar-refractivity contribution in [1.82, 2.24) is 16.0 Å². The summed E-state index contributed by atoms with van der Waals surface area (Å²) in [7, 11) is 0. The van der Waals surface area contributed by atoms with Gasteiger partial charge in [0.1, 0.15) is 0 Å². The van der Waals surface area contributed by atoms with Gasteiger partial charge in [0.05, 0.1) is 0 Å². The van der Waals surface area contributed by atoms with Crippen LogP contribution in [0.4, 0.5) is 0 Å². The van der Waals surface area contributed by atoms with Gasteiger partial charge in [-0.2, -0.15) is 0 Å². The smallest absolute Gasteiger partial charge is 0.216 e. The third-order valence-electron chi connectivity index (χ3n) is 3.31. The van der Waals surface area contributed by atoms with E-state index in [4.69, 9.17) is 0 Å². The first-order valence-corrected chi connectivity index (χ1v) is 7.86. The van der Waals surface area contributed by atoms with Crippen LogP contribution in [0.1, 0.15) is 37.8 Å². The van der Waals surface area contributed by atoms with Crippen LogP contribution in [-0.4, -0.2) is 38.0 Å². The summed E-state index contributed by atoms with van der Waals surface area (Å²) in [5.41, 5.74) is 2.57. The highest BCUT2D eigenvalue weighted by Crippen LogP contribution is 2.15. The molecule has 0 fully saturated rings. The number of aliphatic imine (C=N–C) groups is 1. The van der Waals surface area contributed by atoms with Crippen LogP contribution >= 0.6 is 0 Å². The SMILES string of the molecule is CCNC(=NCC(C)c1ccc(C)cc1)NCCNC(C)=O. The second-order valence-electron chi connectivity index (χ2n) is 5.44. The van der Waals surface area contributed by atoms with Crippen LogP contribution in [0.25, 0.3) is 0 Å². The predicted molar refractivity (Wildman–Crippen MR) is 92.3 cm³/mol. The van der Waals surface area contributed by atoms with E-state index in [1.807, 2.05) is 6.92 Å². The molecule has 1 unspecified atom stereocenters. The first-order valence-electron chi connectivity index (χ1n) is 7.86. The fraction of sp³-hybridized carbons (Fsp3) is 0.529. The molecule has 5 heteroatoms. The molecule has 1 aromatic carbocycles. The Morgan fingerprint density at radius 1 is 1.14 bits per heavy atom. The van der Waals surface area contributed by atoms with Gasteiger partial charge in [-0.25, -0.2) is 0 Å². The number of nitrogens with zero attached hydrogens (tertiary/aromatic N) is 1. The maximum absolute atomic E-state index is 10.8. The second-order valence-corrected chi connectivity index (χ2v) is 5.44. The van der Waals surface area contributed by atoms with Gasteiger partial charge in [0.2, 0.25) is 5.91 Å². The first kappa shape index (κ1) is 18.0. The maximum atomic E-state index is 10.8. The molecule has 1 rings (SSSR count). The Bertz CT molecular complexity index is 482. The van der Waals surface area contributed by atoms with E-state index in [-0.39, 0.29) is 5.91 Å². The Kier molecular flexibility index (Phi) is 8.04. The average Bonchev–Trinajstić information content (AvgIpc) is 2.49. The van der Waals surface area contributed by atoms with Crippen molar-refractivity contribution in [2.45, 2.75) is 33.6 Å². The van der Waals surface area contributed by atoms with Gasteiger partial charge in [-0.15, -0.1) is 0 Å². The molecule has 0 radical (unpaired) electrons. The molecule has 1 atom stereocenters. The Morgan fingerprint density at radius 3 is 2.36 bits per heavy atom. The van der Waals surface area contributed by atoms with Crippen molar-refractivity contribution in [3.63, 3.8) is 0 Å². The molecular formula is C17H28N4O. The van der Waals surface area contributed by atoms with E-state index in [0.29, 0.717) is 19.0 Å². The quantitative estimate of drug-likeness (QED) is 0.409. The van der Waals surface area contributed by atoms with Crippen molar-refractivity contribution in [2.75, 3.05) is 26.2 Å². The molecule has 0 heterocycles. The monoisotopic (exact) mass is 304 g/mol. The molecule has 1 amide bonds. The molecule has 0 saturated heterocycles. The maximum Gasteiger partial charge on any atom is 0.216 e. The zero-order chi connectivity index (χ0) is 16.4. The molecule has 0 spiro atoms. The minimum absolute atomic E-state index is 0.0169. The van der Waals surface area contributed by atoms with Gasteiger partial charge < -0.3 is 16.0 Å². The molecule has 0 aliphatic heterocycles. The van der Waals surface area contributed by atoms with Gasteiger partial charge in [0.25, 0.3) is 0 Å². The summed E-state index contributed by atoms with van der Waals surface area (Å²) in [5.74, 6) is 1.13. The summed E-state index contributed by atoms with van der Waals surface area (Å²) in [5, 5.41) is 9.18. The van der Waals surface area contributed by atoms with E-state index < -0.39 is 0 Å². The van der Waals surface area contributed by atoms with Crippen LogP contribution in [0.15, 0.2) is 29.3 Å². The average molecular weight is 304 g/mol. The summed E-state index contributed by atoms with van der Waals surface area (Å²) in [6, 6.07) is 8.58. The Labute approximate surface area is 133 Å². The summed E-state index contributed by atoms with van der Waals surface area (Å²) < 4.78 is 0. The van der Waals surface area contributed by atoms with Gasteiger partial charge >= 0.3 is 0 Å². The van der Waals surface area contributed by atoms with Crippen LogP contribution in [0.5, 0.6) is 0 Å². The van der Waals surface area contributed by atoms with Gasteiger partial charge in [0.15, 0.2) is 5.96 Å². The predicted octanol–water partition coefficient (Wildman–Crippen LogP) is 1.79. The summed E-state index contributed by atoms with van der Waals surface area (Å²) in [4.78, 5) is 15.4. The minimum atomic E-state index is -0.0169. The van der Waals surface area contributed by atoms with Crippen molar-refractivity contribution >= 4 is 11.9 Å². The molecule has 122 valence electrons. The van der Waals surface area contributed by atoms with E-state index in [0.717, 1.165) is 19.0 Å². The van der Waals surface area contributed by atoms with Crippen LogP contribution in [0.2, 0.25) is 0 Å². The molecule has 22 heavy (non-hydrogen) atoms. The number of hydrogen-bond donors (Lipinski definition) is 3. The number of amides is 1. The number of benzene rings is 1. The zero-order valence-electron chi connectivity index (χ0n) is 14.1. The number of hydrogen-bond acceptors (Lipinski definition) is 2. The number of aryl methyl sites for hydroxylation is 1. The standard InChI is InChI=1S/C17H28N4O/c1-5-18-17(20-11-10-19-15(4)22)21-12-14(3)16-8-6-13(2)7-9-16/h6-9,14H,5,10-12H2,1-4H3,(H,19,22)(H2,18,20,21). The van der Waals surface area contributed by atoms with E-state index >= 15 is 0 Å². The molecule has 1 aromatic rings. The van der Waals surface area contributed by atoms with Crippen molar-refractivity contribution in [3.8, 4) is 0 Å². The Morgan fingerprint density at radius 2 is 1.77 bits per heavy atom. The lowest BCUT2D eigenvalue weighted by molar-refractivity contribution is -0.118. The summed E-state index contributed by atoms with van der Waals surface area (Å²) in [6.45, 7) is 10.6. The summed E-state index contributed by atoms with van der Waals surface area (Å²) >= 11 is 0. The number of guanidine groups is 1. The fourth-order valence-electron chi connectivity index (χ4n) is 1.99. The number of carbonyl (C=O) groups is 1. The Hall–Kier alpha value is -2.04. The van der Waals surface area contributed by atoms with Crippen molar-refractivity contribution in [2.24, 2.45) is 4.99 Å². The highest BCUT2D eigenvalue weighted by Gasteiger charge is 2.05. The van der Waals surface area contributed by atoms with Crippen LogP contribution in [0.3, 0.4) is 0 Å². The number of nitrogens with one attached hydrogen (secondary N) is 3. The lowest BCUT2D eigenvalue weighted by Gasteiger charge is -2.14. The molecule has 0 aromatic heterocycles. The van der Waals surface area contributed by atoms with Gasteiger partial charge in [0, 0.05) is 39.0 Å². The molecule has 0 aliphatic carbocycles. The topological polar surface area (TPSA) is 65.5 Å². The largest absolute Gasteiger partial charge is 0.357 e. The molecule has 0 aliphatic rings. The van der Waals surface area contributed by atoms with Crippen LogP contribution in [0, 0.1) is 6.92 Å². The fourth-order valence-corrected chi connectivity index (χ4v) is 1.99. The number of rotatable bonds is 7. The van der Waals surface area contributed by atoms with Gasteiger partial charge in [-0.3, -0.25) is 9.79 Å². The van der Waals surface area contributed by atoms with Crippen molar-refractivity contribution in [3.05, 3.63) is 35.4 Å². The molecule has 0 bridgehead atoms. The first-order chi connectivity index (χ1) is 10.5. The molecule has 3 N–H and O–H groups in total. The van der Waals surface area contributed by atoms with E-state index in [2.05, 4.69) is 59.1 Å². The third-order valence-corrected chi connectivity index (χ3v) is 3.31. The Balaban J connectivity index is 2.49. The van der Waals surface area contributed by atoms with Crippen molar-refractivity contribution < 1.29 is 4.79 Å². The molecular weight excluding hydrogens is 276 g/mol. The molecule has 5 nitrogen and oxygen atoms in total. The molecule has 0 saturated carbocycles. The third kappa shape index (κ3) is 7.11. The normalized spacial score (nSPS) is 12.6. The van der Waals surface area contributed by atoms with Crippen LogP contribution in [-0.2, 0) is 4.79 Å². The lowest BCUT2D eigenvalue weighted by Crippen LogP contribution is -2.41. The van der Waals surface area contributed by atoms with Crippen LogP contribution < -0.4 is 16.0 Å². The zero-order valence-corrected chi connectivity index (χ0v) is 14.1. The second kappa shape index (κ2) is 9.82. The number of carbonyl (C=O) groups excluding carboxylic acids is 1. The summed E-state index contributed by atoms with van der Waals surface area (Å²) in [6.07, 6.45) is 0. The lowest BCUT2D eigenvalue weighted by atomic mass is 10.0. The van der Waals surface area contributed by atoms with E-state index in [1.165, 1.54) is 18.1 Å². The minimum Gasteiger partial charge on any atom is -0.357 e. The highest BCUT2D eigenvalue weighted by molar-refractivity contribution is 5.79. The van der Waals surface area contributed by atoms with Gasteiger partial charge in [-0.05, 0) is 19.4 Å². The van der Waals surface area contributed by atoms with Gasteiger partial charge in [-0.1, -0.05) is 36.8 Å².